The first-order valence-corrected chi connectivity index (χ1v) is 13.8. The highest BCUT2D eigenvalue weighted by Crippen LogP contribution is 2.63. The third kappa shape index (κ3) is 4.30. The smallest absolute Gasteiger partial charge is 0.255 e. The molecule has 0 unspecified atom stereocenters. The van der Waals surface area contributed by atoms with Crippen molar-refractivity contribution in [1.29, 1.82) is 0 Å². The number of para-hydroxylation sites is 1. The van der Waals surface area contributed by atoms with Crippen molar-refractivity contribution in [3.05, 3.63) is 119 Å². The molecule has 5 atom stereocenters. The Morgan fingerprint density at radius 2 is 1.69 bits per heavy atom. The SMILES string of the molecule is O=C(Nc1ccccc1C(=O)NCc1ccco1)c1ccc2c(c1)[C@@H]1[C@H]3CC[C@@H](C3)[C@H]1[C@@H](c1ccccc1)N2. The molecular formula is C33H31N3O3. The van der Waals surface area contributed by atoms with Gasteiger partial charge in [0, 0.05) is 11.3 Å². The normalized spacial score (nSPS) is 24.4. The summed E-state index contributed by atoms with van der Waals surface area (Å²) >= 11 is 0. The molecule has 0 spiro atoms. The number of fused-ring (bicyclic) bond motifs is 7. The van der Waals surface area contributed by atoms with Crippen LogP contribution in [0.15, 0.2) is 95.6 Å². The number of rotatable bonds is 6. The largest absolute Gasteiger partial charge is 0.467 e. The van der Waals surface area contributed by atoms with Crippen LogP contribution in [-0.4, -0.2) is 11.8 Å². The highest BCUT2D eigenvalue weighted by Gasteiger charge is 2.53. The van der Waals surface area contributed by atoms with Gasteiger partial charge in [-0.1, -0.05) is 42.5 Å². The van der Waals surface area contributed by atoms with E-state index < -0.39 is 0 Å². The molecule has 7 rings (SSSR count). The third-order valence-electron chi connectivity index (χ3n) is 8.93. The van der Waals surface area contributed by atoms with Gasteiger partial charge in [-0.15, -0.1) is 0 Å². The minimum absolute atomic E-state index is 0.214. The summed E-state index contributed by atoms with van der Waals surface area (Å²) in [6.45, 7) is 0.278. The number of carbonyl (C=O) groups excluding carboxylic acids is 2. The summed E-state index contributed by atoms with van der Waals surface area (Å²) in [6.07, 6.45) is 5.41. The molecule has 6 heteroatoms. The lowest BCUT2D eigenvalue weighted by Gasteiger charge is -2.43. The molecule has 2 aliphatic carbocycles. The average Bonchev–Trinajstić information content (AvgIpc) is 3.75. The third-order valence-corrected chi connectivity index (χ3v) is 8.93. The van der Waals surface area contributed by atoms with E-state index in [1.165, 1.54) is 30.4 Å². The van der Waals surface area contributed by atoms with Crippen molar-refractivity contribution < 1.29 is 14.0 Å². The summed E-state index contributed by atoms with van der Waals surface area (Å²) in [4.78, 5) is 26.4. The van der Waals surface area contributed by atoms with Gasteiger partial charge in [0.2, 0.25) is 0 Å². The predicted octanol–water partition coefficient (Wildman–Crippen LogP) is 6.76. The zero-order valence-corrected chi connectivity index (χ0v) is 21.6. The Kier molecular flexibility index (Phi) is 5.95. The van der Waals surface area contributed by atoms with E-state index in [9.17, 15) is 9.59 Å². The minimum Gasteiger partial charge on any atom is -0.467 e. The summed E-state index contributed by atoms with van der Waals surface area (Å²) in [5.74, 6) is 2.57. The molecule has 3 N–H and O–H groups in total. The van der Waals surface area contributed by atoms with Gasteiger partial charge < -0.3 is 20.4 Å². The van der Waals surface area contributed by atoms with E-state index in [2.05, 4.69) is 58.4 Å². The Labute approximate surface area is 227 Å². The standard InChI is InChI=1S/C33H31N3O3/c37-32(36-27-11-5-4-10-25(27)33(38)34-19-24-9-6-16-39-24)23-14-15-28-26(18-23)29-21-12-13-22(17-21)30(29)31(35-28)20-7-2-1-3-8-20/h1-11,14-16,18,21-22,29-31,35H,12-13,17,19H2,(H,34,38)(H,36,37)/t21-,22-,29-,30+,31+/m0/s1. The van der Waals surface area contributed by atoms with Gasteiger partial charge in [-0.3, -0.25) is 9.59 Å². The van der Waals surface area contributed by atoms with E-state index in [4.69, 9.17) is 4.42 Å². The molecule has 39 heavy (non-hydrogen) atoms. The quantitative estimate of drug-likeness (QED) is 0.264. The number of anilines is 2. The van der Waals surface area contributed by atoms with Gasteiger partial charge in [0.25, 0.3) is 11.8 Å². The molecule has 1 aromatic heterocycles. The molecule has 2 amide bonds. The zero-order valence-electron chi connectivity index (χ0n) is 21.6. The maximum atomic E-state index is 13.5. The van der Waals surface area contributed by atoms with E-state index in [-0.39, 0.29) is 18.4 Å². The number of nitrogens with one attached hydrogen (secondary N) is 3. The first-order valence-electron chi connectivity index (χ1n) is 13.8. The van der Waals surface area contributed by atoms with Crippen LogP contribution in [-0.2, 0) is 6.54 Å². The summed E-state index contributed by atoms with van der Waals surface area (Å²) in [5, 5.41) is 9.70. The molecule has 2 bridgehead atoms. The molecule has 4 aromatic rings. The van der Waals surface area contributed by atoms with Crippen LogP contribution in [0.25, 0.3) is 0 Å². The molecule has 0 saturated heterocycles. The Morgan fingerprint density at radius 1 is 0.872 bits per heavy atom. The van der Waals surface area contributed by atoms with Crippen LogP contribution in [0.1, 0.15) is 68.8 Å². The average molecular weight is 518 g/mol. The first kappa shape index (κ1) is 23.8. The molecule has 1 aliphatic heterocycles. The maximum absolute atomic E-state index is 13.5. The molecule has 196 valence electrons. The molecule has 6 nitrogen and oxygen atoms in total. The molecule has 0 radical (unpaired) electrons. The lowest BCUT2D eigenvalue weighted by molar-refractivity contribution is 0.0949. The Morgan fingerprint density at radius 3 is 2.54 bits per heavy atom. The van der Waals surface area contributed by atoms with Crippen molar-refractivity contribution in [2.75, 3.05) is 10.6 Å². The van der Waals surface area contributed by atoms with E-state index in [0.717, 1.165) is 11.6 Å². The summed E-state index contributed by atoms with van der Waals surface area (Å²) < 4.78 is 5.31. The van der Waals surface area contributed by atoms with E-state index >= 15 is 0 Å². The number of hydrogen-bond donors (Lipinski definition) is 3. The van der Waals surface area contributed by atoms with Crippen LogP contribution in [0.5, 0.6) is 0 Å². The van der Waals surface area contributed by atoms with Gasteiger partial charge in [0.05, 0.1) is 30.1 Å². The Hall–Kier alpha value is -4.32. The zero-order chi connectivity index (χ0) is 26.3. The summed E-state index contributed by atoms with van der Waals surface area (Å²) in [6, 6.07) is 27.8. The van der Waals surface area contributed by atoms with E-state index in [1.807, 2.05) is 18.2 Å². The van der Waals surface area contributed by atoms with Crippen molar-refractivity contribution in [2.45, 2.75) is 37.8 Å². The number of benzene rings is 3. The van der Waals surface area contributed by atoms with Gasteiger partial charge in [0.15, 0.2) is 0 Å². The van der Waals surface area contributed by atoms with Crippen LogP contribution in [0.3, 0.4) is 0 Å². The van der Waals surface area contributed by atoms with E-state index in [0.29, 0.717) is 46.4 Å². The molecule has 2 fully saturated rings. The lowest BCUT2D eigenvalue weighted by atomic mass is 9.68. The van der Waals surface area contributed by atoms with Crippen molar-refractivity contribution in [3.8, 4) is 0 Å². The van der Waals surface area contributed by atoms with Gasteiger partial charge >= 0.3 is 0 Å². The highest BCUT2D eigenvalue weighted by atomic mass is 16.3. The van der Waals surface area contributed by atoms with Gasteiger partial charge in [-0.05, 0) is 96.5 Å². The fourth-order valence-corrected chi connectivity index (χ4v) is 7.28. The second kappa shape index (κ2) is 9.77. The molecular weight excluding hydrogens is 486 g/mol. The Balaban J connectivity index is 1.14. The maximum Gasteiger partial charge on any atom is 0.255 e. The van der Waals surface area contributed by atoms with Crippen molar-refractivity contribution in [2.24, 2.45) is 17.8 Å². The minimum atomic E-state index is -0.270. The molecule has 2 saturated carbocycles. The summed E-state index contributed by atoms with van der Waals surface area (Å²) in [7, 11) is 0. The molecule has 3 aliphatic rings. The number of carbonyl (C=O) groups is 2. The van der Waals surface area contributed by atoms with Crippen LogP contribution in [0, 0.1) is 17.8 Å². The monoisotopic (exact) mass is 517 g/mol. The predicted molar refractivity (Wildman–Crippen MR) is 151 cm³/mol. The van der Waals surface area contributed by atoms with E-state index in [1.54, 1.807) is 30.5 Å². The number of amides is 2. The Bertz CT molecular complexity index is 1510. The van der Waals surface area contributed by atoms with Crippen molar-refractivity contribution >= 4 is 23.2 Å². The number of hydrogen-bond acceptors (Lipinski definition) is 4. The number of furan rings is 1. The van der Waals surface area contributed by atoms with Crippen LogP contribution >= 0.6 is 0 Å². The first-order chi connectivity index (χ1) is 19.2. The van der Waals surface area contributed by atoms with Gasteiger partial charge in [-0.25, -0.2) is 0 Å². The topological polar surface area (TPSA) is 83.4 Å². The van der Waals surface area contributed by atoms with Gasteiger partial charge in [-0.2, -0.15) is 0 Å². The fraction of sp³-hybridized carbons (Fsp3) is 0.273. The van der Waals surface area contributed by atoms with Crippen molar-refractivity contribution in [3.63, 3.8) is 0 Å². The van der Waals surface area contributed by atoms with Crippen LogP contribution in [0.4, 0.5) is 11.4 Å². The molecule has 3 aromatic carbocycles. The lowest BCUT2D eigenvalue weighted by Crippen LogP contribution is -2.35. The fourth-order valence-electron chi connectivity index (χ4n) is 7.28. The highest BCUT2D eigenvalue weighted by molar-refractivity contribution is 6.09. The second-order valence-electron chi connectivity index (χ2n) is 11.0. The molecule has 2 heterocycles. The van der Waals surface area contributed by atoms with Crippen molar-refractivity contribution in [1.82, 2.24) is 5.32 Å². The van der Waals surface area contributed by atoms with Crippen LogP contribution in [0.2, 0.25) is 0 Å². The van der Waals surface area contributed by atoms with Crippen LogP contribution < -0.4 is 16.0 Å². The summed E-state index contributed by atoms with van der Waals surface area (Å²) in [5.41, 5.74) is 5.24. The van der Waals surface area contributed by atoms with Gasteiger partial charge in [0.1, 0.15) is 5.76 Å². The second-order valence-corrected chi connectivity index (χ2v) is 11.0.